The molecule has 1 aliphatic carbocycles. The van der Waals surface area contributed by atoms with Gasteiger partial charge >= 0.3 is 0 Å². The highest BCUT2D eigenvalue weighted by Gasteiger charge is 2.57. The van der Waals surface area contributed by atoms with E-state index in [0.29, 0.717) is 11.7 Å². The topological polar surface area (TPSA) is 17.1 Å². The predicted octanol–water partition coefficient (Wildman–Crippen LogP) is 4.36. The standard InChI is InChI=1S/C17H24O/c1-5-13-8-10-14(11-9-13)15-12(4)16(18)17(15,6-2)7-3/h8-12,15H,5-7H2,1-4H3. The van der Waals surface area contributed by atoms with Crippen LogP contribution >= 0.6 is 0 Å². The zero-order chi connectivity index (χ0) is 13.3. The molecule has 18 heavy (non-hydrogen) atoms. The van der Waals surface area contributed by atoms with Gasteiger partial charge in [0.05, 0.1) is 0 Å². The van der Waals surface area contributed by atoms with Gasteiger partial charge in [0.1, 0.15) is 5.78 Å². The van der Waals surface area contributed by atoms with Crippen LogP contribution in [-0.4, -0.2) is 5.78 Å². The van der Waals surface area contributed by atoms with Crippen molar-refractivity contribution < 1.29 is 4.79 Å². The summed E-state index contributed by atoms with van der Waals surface area (Å²) >= 11 is 0. The monoisotopic (exact) mass is 244 g/mol. The average molecular weight is 244 g/mol. The van der Waals surface area contributed by atoms with E-state index in [0.717, 1.165) is 19.3 Å². The molecule has 1 saturated carbocycles. The number of Topliss-reactive ketones (excluding diaryl/α,β-unsaturated/α-hetero) is 1. The molecular formula is C17H24O. The molecule has 2 atom stereocenters. The molecule has 0 radical (unpaired) electrons. The molecule has 0 amide bonds. The molecule has 0 N–H and O–H groups in total. The quantitative estimate of drug-likeness (QED) is 0.769. The second-order valence-corrected chi connectivity index (χ2v) is 5.59. The highest BCUT2D eigenvalue weighted by molar-refractivity contribution is 5.95. The van der Waals surface area contributed by atoms with E-state index < -0.39 is 0 Å². The Labute approximate surface area is 111 Å². The van der Waals surface area contributed by atoms with Gasteiger partial charge in [0.2, 0.25) is 0 Å². The highest BCUT2D eigenvalue weighted by atomic mass is 16.1. The van der Waals surface area contributed by atoms with Gasteiger partial charge in [0, 0.05) is 17.3 Å². The number of hydrogen-bond acceptors (Lipinski definition) is 1. The number of rotatable bonds is 4. The van der Waals surface area contributed by atoms with E-state index in [1.54, 1.807) is 0 Å². The Kier molecular flexibility index (Phi) is 3.61. The van der Waals surface area contributed by atoms with Gasteiger partial charge in [-0.1, -0.05) is 52.0 Å². The van der Waals surface area contributed by atoms with E-state index in [9.17, 15) is 4.79 Å². The number of carbonyl (C=O) groups excluding carboxylic acids is 1. The molecule has 1 fully saturated rings. The molecule has 0 spiro atoms. The summed E-state index contributed by atoms with van der Waals surface area (Å²) in [7, 11) is 0. The van der Waals surface area contributed by atoms with Crippen LogP contribution in [-0.2, 0) is 11.2 Å². The second-order valence-electron chi connectivity index (χ2n) is 5.59. The van der Waals surface area contributed by atoms with Crippen LogP contribution in [0.4, 0.5) is 0 Å². The van der Waals surface area contributed by atoms with Crippen LogP contribution in [0.1, 0.15) is 57.6 Å². The minimum Gasteiger partial charge on any atom is -0.299 e. The fraction of sp³-hybridized carbons (Fsp3) is 0.588. The van der Waals surface area contributed by atoms with Crippen LogP contribution in [0.25, 0.3) is 0 Å². The van der Waals surface area contributed by atoms with E-state index in [2.05, 4.69) is 52.0 Å². The third-order valence-corrected chi connectivity index (χ3v) is 5.01. The normalized spacial score (nSPS) is 25.9. The zero-order valence-electron chi connectivity index (χ0n) is 12.0. The van der Waals surface area contributed by atoms with Crippen molar-refractivity contribution in [2.45, 2.75) is 52.9 Å². The lowest BCUT2D eigenvalue weighted by atomic mass is 9.49. The maximum absolute atomic E-state index is 12.3. The van der Waals surface area contributed by atoms with Crippen molar-refractivity contribution in [3.05, 3.63) is 35.4 Å². The van der Waals surface area contributed by atoms with Gasteiger partial charge in [-0.2, -0.15) is 0 Å². The van der Waals surface area contributed by atoms with Gasteiger partial charge in [-0.25, -0.2) is 0 Å². The maximum Gasteiger partial charge on any atom is 0.143 e. The van der Waals surface area contributed by atoms with Crippen LogP contribution in [0.3, 0.4) is 0 Å². The predicted molar refractivity (Wildman–Crippen MR) is 75.7 cm³/mol. The summed E-state index contributed by atoms with van der Waals surface area (Å²) in [5.74, 6) is 1.08. The van der Waals surface area contributed by atoms with Crippen LogP contribution < -0.4 is 0 Å². The number of aryl methyl sites for hydroxylation is 1. The summed E-state index contributed by atoms with van der Waals surface area (Å²) in [6, 6.07) is 8.88. The SMILES string of the molecule is CCc1ccc(C2C(C)C(=O)C2(CC)CC)cc1. The Bertz CT molecular complexity index is 425. The Balaban J connectivity index is 2.33. The number of hydrogen-bond donors (Lipinski definition) is 0. The molecule has 0 aliphatic heterocycles. The Hall–Kier alpha value is -1.11. The van der Waals surface area contributed by atoms with Crippen molar-refractivity contribution in [2.75, 3.05) is 0 Å². The van der Waals surface area contributed by atoms with E-state index >= 15 is 0 Å². The minimum absolute atomic E-state index is 0.0901. The van der Waals surface area contributed by atoms with Gasteiger partial charge < -0.3 is 0 Å². The minimum atomic E-state index is -0.0901. The van der Waals surface area contributed by atoms with Gasteiger partial charge in [0.15, 0.2) is 0 Å². The van der Waals surface area contributed by atoms with Gasteiger partial charge in [-0.15, -0.1) is 0 Å². The molecule has 1 aromatic rings. The van der Waals surface area contributed by atoms with Gasteiger partial charge in [-0.05, 0) is 30.4 Å². The molecule has 0 heterocycles. The third-order valence-electron chi connectivity index (χ3n) is 5.01. The molecule has 0 saturated heterocycles. The lowest BCUT2D eigenvalue weighted by Gasteiger charge is -2.52. The zero-order valence-corrected chi connectivity index (χ0v) is 12.0. The Morgan fingerprint density at radius 3 is 2.06 bits per heavy atom. The van der Waals surface area contributed by atoms with E-state index in [-0.39, 0.29) is 11.3 Å². The summed E-state index contributed by atoms with van der Waals surface area (Å²) in [6.07, 6.45) is 3.01. The number of benzene rings is 1. The van der Waals surface area contributed by atoms with Crippen LogP contribution in [0.15, 0.2) is 24.3 Å². The van der Waals surface area contributed by atoms with E-state index in [4.69, 9.17) is 0 Å². The fourth-order valence-corrected chi connectivity index (χ4v) is 3.75. The molecule has 98 valence electrons. The third kappa shape index (κ3) is 1.72. The lowest BCUT2D eigenvalue weighted by Crippen LogP contribution is -2.54. The van der Waals surface area contributed by atoms with Crippen LogP contribution in [0, 0.1) is 11.3 Å². The van der Waals surface area contributed by atoms with Crippen molar-refractivity contribution in [2.24, 2.45) is 11.3 Å². The van der Waals surface area contributed by atoms with Crippen LogP contribution in [0.2, 0.25) is 0 Å². The molecule has 1 aromatic carbocycles. The smallest absolute Gasteiger partial charge is 0.143 e. The van der Waals surface area contributed by atoms with Crippen LogP contribution in [0.5, 0.6) is 0 Å². The summed E-state index contributed by atoms with van der Waals surface area (Å²) in [5.41, 5.74) is 2.63. The van der Waals surface area contributed by atoms with Crippen molar-refractivity contribution in [3.63, 3.8) is 0 Å². The maximum atomic E-state index is 12.3. The van der Waals surface area contributed by atoms with Crippen molar-refractivity contribution in [3.8, 4) is 0 Å². The first-order valence-corrected chi connectivity index (χ1v) is 7.23. The molecule has 0 bridgehead atoms. The Morgan fingerprint density at radius 2 is 1.61 bits per heavy atom. The summed E-state index contributed by atoms with van der Waals surface area (Å²) in [5, 5.41) is 0. The number of ketones is 1. The van der Waals surface area contributed by atoms with E-state index in [1.165, 1.54) is 11.1 Å². The average Bonchev–Trinajstić information content (AvgIpc) is 2.43. The first-order chi connectivity index (χ1) is 8.60. The Morgan fingerprint density at radius 1 is 1.06 bits per heavy atom. The van der Waals surface area contributed by atoms with Crippen molar-refractivity contribution in [1.82, 2.24) is 0 Å². The molecule has 1 aliphatic rings. The van der Waals surface area contributed by atoms with Gasteiger partial charge in [0.25, 0.3) is 0 Å². The molecule has 2 rings (SSSR count). The van der Waals surface area contributed by atoms with E-state index in [1.807, 2.05) is 0 Å². The molecule has 1 nitrogen and oxygen atoms in total. The number of carbonyl (C=O) groups is 1. The largest absolute Gasteiger partial charge is 0.299 e. The lowest BCUT2D eigenvalue weighted by molar-refractivity contribution is -0.150. The van der Waals surface area contributed by atoms with Crippen molar-refractivity contribution in [1.29, 1.82) is 0 Å². The summed E-state index contributed by atoms with van der Waals surface area (Å²) < 4.78 is 0. The summed E-state index contributed by atoms with van der Waals surface area (Å²) in [4.78, 5) is 12.3. The molecular weight excluding hydrogens is 220 g/mol. The summed E-state index contributed by atoms with van der Waals surface area (Å²) in [6.45, 7) is 8.57. The molecule has 2 unspecified atom stereocenters. The second kappa shape index (κ2) is 4.87. The fourth-order valence-electron chi connectivity index (χ4n) is 3.75. The first-order valence-electron chi connectivity index (χ1n) is 7.23. The first kappa shape index (κ1) is 13.3. The molecule has 1 heteroatoms. The highest BCUT2D eigenvalue weighted by Crippen LogP contribution is 2.57. The van der Waals surface area contributed by atoms with Crippen molar-refractivity contribution >= 4 is 5.78 Å². The molecule has 0 aromatic heterocycles. The van der Waals surface area contributed by atoms with Gasteiger partial charge in [-0.3, -0.25) is 4.79 Å².